The number of nitro groups is 1. The van der Waals surface area contributed by atoms with Gasteiger partial charge in [-0.2, -0.15) is 5.26 Å². The summed E-state index contributed by atoms with van der Waals surface area (Å²) in [4.78, 5) is 37.1. The van der Waals surface area contributed by atoms with Crippen molar-refractivity contribution in [2.75, 3.05) is 0 Å². The Labute approximate surface area is 223 Å². The Kier molecular flexibility index (Phi) is 7.74. The van der Waals surface area contributed by atoms with Crippen LogP contribution in [-0.2, 0) is 17.9 Å². The number of imide groups is 1. The van der Waals surface area contributed by atoms with E-state index in [2.05, 4.69) is 22.0 Å². The van der Waals surface area contributed by atoms with Crippen LogP contribution in [0.2, 0.25) is 5.02 Å². The standard InChI is InChI=1S/C25H15BrClN3O5S/c26-20-9-16(10-21(27)23(20)35-14-18-6-2-1-5-17(18)12-28)11-22-24(31)29(25(32)36-22)13-15-4-3-7-19(8-15)30(33)34/h1-11H,13-14H2/b22-11+. The minimum Gasteiger partial charge on any atom is -0.486 e. The van der Waals surface area contributed by atoms with Gasteiger partial charge < -0.3 is 4.74 Å². The Hall–Kier alpha value is -3.65. The number of hydrogen-bond acceptors (Lipinski definition) is 7. The molecule has 0 aromatic heterocycles. The molecule has 1 heterocycles. The number of hydrogen-bond donors (Lipinski definition) is 0. The molecule has 0 radical (unpaired) electrons. The highest BCUT2D eigenvalue weighted by Crippen LogP contribution is 2.38. The van der Waals surface area contributed by atoms with Crippen LogP contribution in [0.25, 0.3) is 6.08 Å². The van der Waals surface area contributed by atoms with Crippen LogP contribution in [0.3, 0.4) is 0 Å². The van der Waals surface area contributed by atoms with Crippen molar-refractivity contribution < 1.29 is 19.2 Å². The lowest BCUT2D eigenvalue weighted by molar-refractivity contribution is -0.384. The summed E-state index contributed by atoms with van der Waals surface area (Å²) >= 11 is 10.6. The number of non-ortho nitro benzene ring substituents is 1. The van der Waals surface area contributed by atoms with E-state index in [0.29, 0.717) is 32.5 Å². The molecule has 1 aliphatic rings. The van der Waals surface area contributed by atoms with E-state index in [1.807, 2.05) is 6.07 Å². The molecular formula is C25H15BrClN3O5S. The molecule has 4 rings (SSSR count). The molecule has 0 N–H and O–H groups in total. The zero-order valence-electron chi connectivity index (χ0n) is 18.3. The van der Waals surface area contributed by atoms with E-state index in [1.165, 1.54) is 18.2 Å². The van der Waals surface area contributed by atoms with Gasteiger partial charge in [0.25, 0.3) is 16.8 Å². The van der Waals surface area contributed by atoms with Gasteiger partial charge in [-0.15, -0.1) is 0 Å². The molecule has 0 saturated carbocycles. The van der Waals surface area contributed by atoms with Gasteiger partial charge in [-0.05, 0) is 63.1 Å². The van der Waals surface area contributed by atoms with E-state index in [-0.39, 0.29) is 28.8 Å². The summed E-state index contributed by atoms with van der Waals surface area (Å²) in [5.74, 6) is -0.127. The normalized spacial score (nSPS) is 14.2. The van der Waals surface area contributed by atoms with Crippen molar-refractivity contribution in [2.45, 2.75) is 13.2 Å². The highest BCUT2D eigenvalue weighted by atomic mass is 79.9. The Bertz CT molecular complexity index is 1450. The maximum atomic E-state index is 12.9. The number of carbonyl (C=O) groups is 2. The molecule has 2 amide bonds. The number of rotatable bonds is 7. The lowest BCUT2D eigenvalue weighted by Gasteiger charge is -2.13. The maximum absolute atomic E-state index is 12.9. The molecule has 0 unspecified atom stereocenters. The second-order valence-corrected chi connectivity index (χ2v) is 9.82. The molecule has 0 bridgehead atoms. The predicted octanol–water partition coefficient (Wildman–Crippen LogP) is 6.70. The first-order valence-corrected chi connectivity index (χ1v) is 12.3. The van der Waals surface area contributed by atoms with Crippen molar-refractivity contribution in [2.24, 2.45) is 0 Å². The number of benzene rings is 3. The highest BCUT2D eigenvalue weighted by molar-refractivity contribution is 9.10. The topological polar surface area (TPSA) is 114 Å². The van der Waals surface area contributed by atoms with Gasteiger partial charge in [0.2, 0.25) is 0 Å². The lowest BCUT2D eigenvalue weighted by atomic mass is 10.1. The number of ether oxygens (including phenoxy) is 1. The van der Waals surface area contributed by atoms with Crippen molar-refractivity contribution in [3.63, 3.8) is 0 Å². The maximum Gasteiger partial charge on any atom is 0.293 e. The van der Waals surface area contributed by atoms with E-state index in [0.717, 1.165) is 16.7 Å². The van der Waals surface area contributed by atoms with Gasteiger partial charge >= 0.3 is 0 Å². The van der Waals surface area contributed by atoms with Gasteiger partial charge in [-0.25, -0.2) is 0 Å². The molecule has 180 valence electrons. The molecule has 0 spiro atoms. The fourth-order valence-electron chi connectivity index (χ4n) is 3.44. The summed E-state index contributed by atoms with van der Waals surface area (Å²) in [6.45, 7) is 0.0586. The molecule has 11 heteroatoms. The van der Waals surface area contributed by atoms with Crippen LogP contribution in [0, 0.1) is 21.4 Å². The Morgan fingerprint density at radius 1 is 1.17 bits per heavy atom. The highest BCUT2D eigenvalue weighted by Gasteiger charge is 2.35. The SMILES string of the molecule is N#Cc1ccccc1COc1c(Cl)cc(/C=C2/SC(=O)N(Cc3cccc([N+](=O)[O-])c3)C2=O)cc1Br. The van der Waals surface area contributed by atoms with E-state index >= 15 is 0 Å². The summed E-state index contributed by atoms with van der Waals surface area (Å²) in [5, 5.41) is 20.1. The Morgan fingerprint density at radius 2 is 1.94 bits per heavy atom. The average molecular weight is 585 g/mol. The number of halogens is 2. The number of amides is 2. The monoisotopic (exact) mass is 583 g/mol. The van der Waals surface area contributed by atoms with E-state index in [1.54, 1.807) is 42.5 Å². The van der Waals surface area contributed by atoms with Crippen LogP contribution in [0.5, 0.6) is 5.75 Å². The van der Waals surface area contributed by atoms with Gasteiger partial charge in [0.15, 0.2) is 5.75 Å². The van der Waals surface area contributed by atoms with Crippen molar-refractivity contribution >= 4 is 62.2 Å². The fourth-order valence-corrected chi connectivity index (χ4v) is 5.27. The van der Waals surface area contributed by atoms with E-state index in [4.69, 9.17) is 16.3 Å². The Balaban J connectivity index is 1.51. The van der Waals surface area contributed by atoms with Crippen molar-refractivity contribution in [1.82, 2.24) is 4.90 Å². The first-order valence-electron chi connectivity index (χ1n) is 10.4. The molecule has 0 atom stereocenters. The molecule has 1 saturated heterocycles. The first-order chi connectivity index (χ1) is 17.3. The fraction of sp³-hybridized carbons (Fsp3) is 0.0800. The van der Waals surface area contributed by atoms with Crippen LogP contribution >= 0.6 is 39.3 Å². The van der Waals surface area contributed by atoms with Crippen LogP contribution < -0.4 is 4.74 Å². The van der Waals surface area contributed by atoms with Gasteiger partial charge in [0, 0.05) is 17.7 Å². The zero-order chi connectivity index (χ0) is 25.8. The molecule has 1 fully saturated rings. The molecule has 8 nitrogen and oxygen atoms in total. The van der Waals surface area contributed by atoms with Crippen molar-refractivity contribution in [1.29, 1.82) is 5.26 Å². The third-order valence-corrected chi connectivity index (χ3v) is 6.94. The minimum absolute atomic E-state index is 0.0783. The van der Waals surface area contributed by atoms with Crippen molar-refractivity contribution in [3.8, 4) is 11.8 Å². The van der Waals surface area contributed by atoms with E-state index < -0.39 is 16.1 Å². The molecule has 0 aliphatic carbocycles. The average Bonchev–Trinajstić information content (AvgIpc) is 3.11. The van der Waals surface area contributed by atoms with Crippen LogP contribution in [-0.4, -0.2) is 21.0 Å². The molecule has 1 aliphatic heterocycles. The first kappa shape index (κ1) is 25.4. The summed E-state index contributed by atoms with van der Waals surface area (Å²) in [6, 6.07) is 18.3. The minimum atomic E-state index is -0.533. The largest absolute Gasteiger partial charge is 0.486 e. The number of carbonyl (C=O) groups excluding carboxylic acids is 2. The summed E-state index contributed by atoms with van der Waals surface area (Å²) in [5.41, 5.74) is 2.13. The summed E-state index contributed by atoms with van der Waals surface area (Å²) in [7, 11) is 0. The van der Waals surface area contributed by atoms with Gasteiger partial charge in [0.05, 0.1) is 37.5 Å². The zero-order valence-corrected chi connectivity index (χ0v) is 21.5. The van der Waals surface area contributed by atoms with Gasteiger partial charge in [0.1, 0.15) is 6.61 Å². The molecule has 36 heavy (non-hydrogen) atoms. The quantitative estimate of drug-likeness (QED) is 0.172. The number of nitrogens with zero attached hydrogens (tertiary/aromatic N) is 3. The molecular weight excluding hydrogens is 570 g/mol. The second kappa shape index (κ2) is 11.0. The smallest absolute Gasteiger partial charge is 0.293 e. The van der Waals surface area contributed by atoms with E-state index in [9.17, 15) is 25.0 Å². The number of nitriles is 1. The van der Waals surface area contributed by atoms with Gasteiger partial charge in [-0.3, -0.25) is 24.6 Å². The van der Waals surface area contributed by atoms with Crippen LogP contribution in [0.1, 0.15) is 22.3 Å². The third-order valence-electron chi connectivity index (χ3n) is 5.16. The van der Waals surface area contributed by atoms with Gasteiger partial charge in [-0.1, -0.05) is 41.9 Å². The summed E-state index contributed by atoms with van der Waals surface area (Å²) in [6.07, 6.45) is 1.55. The predicted molar refractivity (Wildman–Crippen MR) is 139 cm³/mol. The molecule has 3 aromatic rings. The Morgan fingerprint density at radius 3 is 2.67 bits per heavy atom. The van der Waals surface area contributed by atoms with Crippen LogP contribution in [0.4, 0.5) is 10.5 Å². The number of thioether (sulfide) groups is 1. The lowest BCUT2D eigenvalue weighted by Crippen LogP contribution is -2.27. The summed E-state index contributed by atoms with van der Waals surface area (Å²) < 4.78 is 6.37. The second-order valence-electron chi connectivity index (χ2n) is 7.57. The van der Waals surface area contributed by atoms with Crippen LogP contribution in [0.15, 0.2) is 70.0 Å². The van der Waals surface area contributed by atoms with Crippen molar-refractivity contribution in [3.05, 3.63) is 107 Å². The third kappa shape index (κ3) is 5.60. The molecule has 3 aromatic carbocycles. The number of nitro benzene ring substituents is 1.